The molecule has 28 heavy (non-hydrogen) atoms. The molecule has 0 spiro atoms. The topological polar surface area (TPSA) is 81.9 Å². The number of aromatic nitrogens is 4. The summed E-state index contributed by atoms with van der Waals surface area (Å²) in [4.78, 5) is 12.2. The quantitative estimate of drug-likeness (QED) is 0.609. The highest BCUT2D eigenvalue weighted by atomic mass is 32.2. The summed E-state index contributed by atoms with van der Waals surface area (Å²) in [6.07, 6.45) is 0. The van der Waals surface area contributed by atoms with Crippen molar-refractivity contribution in [2.45, 2.75) is 18.1 Å². The van der Waals surface area contributed by atoms with Gasteiger partial charge in [-0.1, -0.05) is 30.0 Å². The normalized spacial score (nSPS) is 11.9. The molecule has 1 heterocycles. The fraction of sp³-hybridized carbons (Fsp3) is 0.222. The Morgan fingerprint density at radius 1 is 1.29 bits per heavy atom. The van der Waals surface area contributed by atoms with Crippen LogP contribution in [0.2, 0.25) is 0 Å². The van der Waals surface area contributed by atoms with Crippen LogP contribution in [0, 0.1) is 11.6 Å². The Morgan fingerprint density at radius 2 is 2.07 bits per heavy atom. The molecule has 0 unspecified atom stereocenters. The second-order valence-corrected chi connectivity index (χ2v) is 6.73. The molecule has 0 aliphatic carbocycles. The molecule has 0 bridgehead atoms. The van der Waals surface area contributed by atoms with Gasteiger partial charge in [0.2, 0.25) is 11.1 Å². The van der Waals surface area contributed by atoms with Crippen LogP contribution in [0.15, 0.2) is 47.6 Å². The van der Waals surface area contributed by atoms with Crippen molar-refractivity contribution in [3.8, 4) is 11.4 Å². The minimum atomic E-state index is -0.708. The smallest absolute Gasteiger partial charge is 0.230 e. The first-order valence-corrected chi connectivity index (χ1v) is 9.27. The minimum absolute atomic E-state index is 0.0165. The first kappa shape index (κ1) is 19.7. The minimum Gasteiger partial charge on any atom is -0.494 e. The van der Waals surface area contributed by atoms with Crippen molar-refractivity contribution < 1.29 is 18.3 Å². The van der Waals surface area contributed by atoms with Gasteiger partial charge in [0, 0.05) is 11.6 Å². The SMILES string of the molecule is COc1ccccc1-n1nnnc1SCC(=O)N[C@@H](C)c1ccc(F)cc1F. The molecule has 1 N–H and O–H groups in total. The number of halogens is 2. The Kier molecular flexibility index (Phi) is 6.19. The van der Waals surface area contributed by atoms with Gasteiger partial charge in [-0.15, -0.1) is 5.10 Å². The van der Waals surface area contributed by atoms with Crippen LogP contribution in [0.25, 0.3) is 5.69 Å². The predicted molar refractivity (Wildman–Crippen MR) is 99.3 cm³/mol. The van der Waals surface area contributed by atoms with Crippen molar-refractivity contribution in [1.82, 2.24) is 25.5 Å². The van der Waals surface area contributed by atoms with Gasteiger partial charge in [-0.2, -0.15) is 4.68 Å². The Labute approximate surface area is 164 Å². The van der Waals surface area contributed by atoms with Crippen LogP contribution in [-0.4, -0.2) is 39.0 Å². The van der Waals surface area contributed by atoms with Gasteiger partial charge >= 0.3 is 0 Å². The fourth-order valence-electron chi connectivity index (χ4n) is 2.57. The molecule has 0 aliphatic rings. The van der Waals surface area contributed by atoms with Crippen molar-refractivity contribution in [3.05, 3.63) is 59.7 Å². The molecule has 10 heteroatoms. The Balaban J connectivity index is 1.65. The molecular formula is C18H17F2N5O2S. The maximum absolute atomic E-state index is 13.8. The standard InChI is InChI=1S/C18H17F2N5O2S/c1-11(13-8-7-12(19)9-14(13)20)21-17(26)10-28-18-22-23-24-25(18)15-5-3-4-6-16(15)27-2/h3-9,11H,10H2,1-2H3,(H,21,26)/t11-/m0/s1. The summed E-state index contributed by atoms with van der Waals surface area (Å²) in [6, 6.07) is 9.84. The number of carbonyl (C=O) groups is 1. The van der Waals surface area contributed by atoms with Crippen LogP contribution < -0.4 is 10.1 Å². The summed E-state index contributed by atoms with van der Waals surface area (Å²) >= 11 is 1.13. The summed E-state index contributed by atoms with van der Waals surface area (Å²) in [7, 11) is 1.54. The van der Waals surface area contributed by atoms with Crippen molar-refractivity contribution in [3.63, 3.8) is 0 Å². The highest BCUT2D eigenvalue weighted by molar-refractivity contribution is 7.99. The molecule has 146 valence electrons. The van der Waals surface area contributed by atoms with E-state index in [1.54, 1.807) is 26.2 Å². The number of tetrazole rings is 1. The number of ether oxygens (including phenoxy) is 1. The largest absolute Gasteiger partial charge is 0.494 e. The monoisotopic (exact) mass is 405 g/mol. The summed E-state index contributed by atoms with van der Waals surface area (Å²) in [6.45, 7) is 1.62. The van der Waals surface area contributed by atoms with Gasteiger partial charge < -0.3 is 10.1 Å². The van der Waals surface area contributed by atoms with E-state index in [4.69, 9.17) is 4.74 Å². The summed E-state index contributed by atoms with van der Waals surface area (Å²) in [5.41, 5.74) is 0.846. The van der Waals surface area contributed by atoms with Crippen molar-refractivity contribution >= 4 is 17.7 Å². The van der Waals surface area contributed by atoms with Crippen LogP contribution >= 0.6 is 11.8 Å². The van der Waals surface area contributed by atoms with Gasteiger partial charge in [0.25, 0.3) is 0 Å². The third-order valence-corrected chi connectivity index (χ3v) is 4.81. The number of rotatable bonds is 7. The van der Waals surface area contributed by atoms with Gasteiger partial charge in [-0.25, -0.2) is 8.78 Å². The van der Waals surface area contributed by atoms with E-state index in [0.717, 1.165) is 23.9 Å². The van der Waals surface area contributed by atoms with E-state index < -0.39 is 17.7 Å². The van der Waals surface area contributed by atoms with Crippen LogP contribution in [0.3, 0.4) is 0 Å². The van der Waals surface area contributed by atoms with Crippen LogP contribution in [0.1, 0.15) is 18.5 Å². The van der Waals surface area contributed by atoms with E-state index in [-0.39, 0.29) is 17.2 Å². The number of benzene rings is 2. The first-order chi connectivity index (χ1) is 13.5. The van der Waals surface area contributed by atoms with Gasteiger partial charge in [0.05, 0.1) is 18.9 Å². The number of methoxy groups -OCH3 is 1. The predicted octanol–water partition coefficient (Wildman–Crippen LogP) is 2.92. The van der Waals surface area contributed by atoms with Gasteiger partial charge in [0.1, 0.15) is 23.1 Å². The lowest BCUT2D eigenvalue weighted by molar-refractivity contribution is -0.119. The molecule has 0 aliphatic heterocycles. The van der Waals surface area contributed by atoms with E-state index in [2.05, 4.69) is 20.8 Å². The Bertz CT molecular complexity index is 982. The van der Waals surface area contributed by atoms with E-state index in [1.165, 1.54) is 10.7 Å². The second kappa shape index (κ2) is 8.79. The van der Waals surface area contributed by atoms with E-state index >= 15 is 0 Å². The molecule has 1 atom stereocenters. The van der Waals surface area contributed by atoms with Crippen LogP contribution in [0.5, 0.6) is 5.75 Å². The van der Waals surface area contributed by atoms with Crippen molar-refractivity contribution in [1.29, 1.82) is 0 Å². The number of hydrogen-bond donors (Lipinski definition) is 1. The molecule has 3 rings (SSSR count). The average Bonchev–Trinajstić information content (AvgIpc) is 3.14. The highest BCUT2D eigenvalue weighted by Crippen LogP contribution is 2.25. The van der Waals surface area contributed by atoms with Crippen LogP contribution in [-0.2, 0) is 4.79 Å². The molecule has 7 nitrogen and oxygen atoms in total. The lowest BCUT2D eigenvalue weighted by Crippen LogP contribution is -2.28. The first-order valence-electron chi connectivity index (χ1n) is 8.28. The molecule has 1 aromatic heterocycles. The van der Waals surface area contributed by atoms with Crippen molar-refractivity contribution in [2.24, 2.45) is 0 Å². The van der Waals surface area contributed by atoms with E-state index in [9.17, 15) is 13.6 Å². The molecule has 2 aromatic carbocycles. The lowest BCUT2D eigenvalue weighted by atomic mass is 10.1. The zero-order valence-corrected chi connectivity index (χ0v) is 15.9. The molecule has 0 fully saturated rings. The molecular weight excluding hydrogens is 388 g/mol. The summed E-state index contributed by atoms with van der Waals surface area (Å²) < 4.78 is 33.6. The Hall–Kier alpha value is -3.01. The maximum atomic E-state index is 13.8. The van der Waals surface area contributed by atoms with Crippen LogP contribution in [0.4, 0.5) is 8.78 Å². The zero-order valence-electron chi connectivity index (χ0n) is 15.1. The lowest BCUT2D eigenvalue weighted by Gasteiger charge is -2.15. The Morgan fingerprint density at radius 3 is 2.82 bits per heavy atom. The number of nitrogens with one attached hydrogen (secondary N) is 1. The van der Waals surface area contributed by atoms with E-state index in [0.29, 0.717) is 16.6 Å². The number of carbonyl (C=O) groups excluding carboxylic acids is 1. The number of para-hydroxylation sites is 2. The van der Waals surface area contributed by atoms with Gasteiger partial charge in [0.15, 0.2) is 0 Å². The van der Waals surface area contributed by atoms with Crippen molar-refractivity contribution in [2.75, 3.05) is 12.9 Å². The third-order valence-electron chi connectivity index (χ3n) is 3.89. The maximum Gasteiger partial charge on any atom is 0.230 e. The third kappa shape index (κ3) is 4.45. The molecule has 3 aromatic rings. The molecule has 0 saturated heterocycles. The molecule has 1 amide bonds. The zero-order chi connectivity index (χ0) is 20.1. The molecule has 0 saturated carbocycles. The second-order valence-electron chi connectivity index (χ2n) is 5.79. The number of nitrogens with zero attached hydrogens (tertiary/aromatic N) is 4. The summed E-state index contributed by atoms with van der Waals surface area (Å²) in [5.74, 6) is -1.11. The average molecular weight is 405 g/mol. The summed E-state index contributed by atoms with van der Waals surface area (Å²) in [5, 5.41) is 14.6. The van der Waals surface area contributed by atoms with Gasteiger partial charge in [-0.3, -0.25) is 4.79 Å². The number of amides is 1. The number of thioether (sulfide) groups is 1. The molecule has 0 radical (unpaired) electrons. The highest BCUT2D eigenvalue weighted by Gasteiger charge is 2.17. The fourth-order valence-corrected chi connectivity index (χ4v) is 3.26. The van der Waals surface area contributed by atoms with Gasteiger partial charge in [-0.05, 0) is 35.5 Å². The number of hydrogen-bond acceptors (Lipinski definition) is 6. The van der Waals surface area contributed by atoms with E-state index in [1.807, 2.05) is 12.1 Å².